The molecule has 6 nitrogen and oxygen atoms in total. The van der Waals surface area contributed by atoms with Crippen LogP contribution in [0, 0.1) is 11.8 Å². The molecule has 2 aliphatic heterocycles. The molecule has 2 N–H and O–H groups in total. The first kappa shape index (κ1) is 20.5. The van der Waals surface area contributed by atoms with Crippen molar-refractivity contribution in [1.82, 2.24) is 9.80 Å². The van der Waals surface area contributed by atoms with E-state index in [1.165, 1.54) is 12.8 Å². The first-order valence-corrected chi connectivity index (χ1v) is 10.6. The predicted octanol–water partition coefficient (Wildman–Crippen LogP) is 4.99. The molecule has 28 heavy (non-hydrogen) atoms. The van der Waals surface area contributed by atoms with Crippen molar-refractivity contribution >= 4 is 23.4 Å². The van der Waals surface area contributed by atoms with Crippen molar-refractivity contribution in [3.63, 3.8) is 0 Å². The maximum atomic E-state index is 12.6. The number of rotatable bonds is 2. The van der Waals surface area contributed by atoms with Gasteiger partial charge in [-0.05, 0) is 75.6 Å². The second kappa shape index (κ2) is 8.84. The summed E-state index contributed by atoms with van der Waals surface area (Å²) in [5, 5.41) is 5.97. The van der Waals surface area contributed by atoms with E-state index in [1.807, 2.05) is 34.1 Å². The number of carbonyl (C=O) groups excluding carboxylic acids is 2. The minimum Gasteiger partial charge on any atom is -0.322 e. The van der Waals surface area contributed by atoms with Gasteiger partial charge in [-0.3, -0.25) is 0 Å². The summed E-state index contributed by atoms with van der Waals surface area (Å²) >= 11 is 0. The molecule has 0 spiro atoms. The highest BCUT2D eigenvalue weighted by Crippen LogP contribution is 2.25. The average Bonchev–Trinajstić information content (AvgIpc) is 2.67. The molecule has 0 unspecified atom stereocenters. The number of hydrogen-bond donors (Lipinski definition) is 2. The predicted molar refractivity (Wildman–Crippen MR) is 114 cm³/mol. The molecule has 1 aromatic rings. The maximum absolute atomic E-state index is 12.6. The lowest BCUT2D eigenvalue weighted by atomic mass is 9.92. The summed E-state index contributed by atoms with van der Waals surface area (Å²) in [5.41, 5.74) is 1.49. The van der Waals surface area contributed by atoms with Gasteiger partial charge >= 0.3 is 12.1 Å². The molecule has 2 fully saturated rings. The van der Waals surface area contributed by atoms with Gasteiger partial charge in [0, 0.05) is 36.5 Å². The monoisotopic (exact) mass is 386 g/mol. The normalized spacial score (nSPS) is 28.0. The number of amides is 4. The zero-order chi connectivity index (χ0) is 20.3. The van der Waals surface area contributed by atoms with Gasteiger partial charge in [0.05, 0.1) is 0 Å². The summed E-state index contributed by atoms with van der Waals surface area (Å²) in [6.45, 7) is 10.2. The van der Waals surface area contributed by atoms with Gasteiger partial charge in [0.1, 0.15) is 0 Å². The molecule has 0 aromatic heterocycles. The fourth-order valence-electron chi connectivity index (χ4n) is 4.27. The SMILES string of the molecule is C[C@@H]1CCCN(C(=O)Nc2ccc(NC(=O)N3CCC[C@H](C)[C@@H]3C)cc2)[C@@H]1C. The summed E-state index contributed by atoms with van der Waals surface area (Å²) in [5.74, 6) is 1.05. The van der Waals surface area contributed by atoms with Gasteiger partial charge in [-0.25, -0.2) is 9.59 Å². The Hall–Kier alpha value is -2.24. The van der Waals surface area contributed by atoms with E-state index in [2.05, 4.69) is 38.3 Å². The molecule has 6 heteroatoms. The highest BCUT2D eigenvalue weighted by molar-refractivity contribution is 5.92. The van der Waals surface area contributed by atoms with Gasteiger partial charge in [-0.2, -0.15) is 0 Å². The van der Waals surface area contributed by atoms with E-state index >= 15 is 0 Å². The van der Waals surface area contributed by atoms with Crippen LogP contribution in [0.1, 0.15) is 53.4 Å². The number of urea groups is 2. The number of benzene rings is 1. The van der Waals surface area contributed by atoms with E-state index < -0.39 is 0 Å². The molecule has 3 rings (SSSR count). The van der Waals surface area contributed by atoms with E-state index in [0.29, 0.717) is 11.8 Å². The van der Waals surface area contributed by atoms with Crippen molar-refractivity contribution < 1.29 is 9.59 Å². The number of nitrogens with one attached hydrogen (secondary N) is 2. The van der Waals surface area contributed by atoms with Crippen molar-refractivity contribution in [3.8, 4) is 0 Å². The zero-order valence-corrected chi connectivity index (χ0v) is 17.6. The summed E-state index contributed by atoms with van der Waals surface area (Å²) < 4.78 is 0. The Kier molecular flexibility index (Phi) is 6.47. The molecule has 4 amide bonds. The van der Waals surface area contributed by atoms with E-state index in [0.717, 1.165) is 37.3 Å². The number of anilines is 2. The molecular formula is C22H34N4O2. The van der Waals surface area contributed by atoms with Crippen molar-refractivity contribution in [1.29, 1.82) is 0 Å². The first-order valence-electron chi connectivity index (χ1n) is 10.6. The zero-order valence-electron chi connectivity index (χ0n) is 17.6. The fourth-order valence-corrected chi connectivity index (χ4v) is 4.27. The minimum absolute atomic E-state index is 0.0491. The maximum Gasteiger partial charge on any atom is 0.322 e. The Balaban J connectivity index is 1.56. The molecule has 4 atom stereocenters. The van der Waals surface area contributed by atoms with Crippen LogP contribution in [0.2, 0.25) is 0 Å². The number of carbonyl (C=O) groups is 2. The lowest BCUT2D eigenvalue weighted by Gasteiger charge is -2.38. The van der Waals surface area contributed by atoms with Crippen LogP contribution >= 0.6 is 0 Å². The second-order valence-electron chi connectivity index (χ2n) is 8.54. The van der Waals surface area contributed by atoms with Gasteiger partial charge in [0.25, 0.3) is 0 Å². The van der Waals surface area contributed by atoms with Crippen molar-refractivity contribution in [2.75, 3.05) is 23.7 Å². The Labute approximate surface area is 168 Å². The summed E-state index contributed by atoms with van der Waals surface area (Å²) in [6, 6.07) is 7.77. The van der Waals surface area contributed by atoms with E-state index in [-0.39, 0.29) is 24.1 Å². The van der Waals surface area contributed by atoms with Crippen molar-refractivity contribution in [3.05, 3.63) is 24.3 Å². The minimum atomic E-state index is -0.0491. The van der Waals surface area contributed by atoms with E-state index in [4.69, 9.17) is 0 Å². The van der Waals surface area contributed by atoms with E-state index in [9.17, 15) is 9.59 Å². The van der Waals surface area contributed by atoms with Crippen LogP contribution in [-0.2, 0) is 0 Å². The van der Waals surface area contributed by atoms with Crippen LogP contribution in [0.4, 0.5) is 21.0 Å². The largest absolute Gasteiger partial charge is 0.322 e. The lowest BCUT2D eigenvalue weighted by Crippen LogP contribution is -2.48. The molecule has 0 saturated carbocycles. The van der Waals surface area contributed by atoms with Crippen LogP contribution in [-0.4, -0.2) is 47.0 Å². The molecule has 1 aromatic carbocycles. The fraction of sp³-hybridized carbons (Fsp3) is 0.636. The molecule has 154 valence electrons. The Morgan fingerprint density at radius 3 is 1.46 bits per heavy atom. The molecule has 0 radical (unpaired) electrons. The number of likely N-dealkylation sites (tertiary alicyclic amines) is 2. The van der Waals surface area contributed by atoms with Gasteiger partial charge in [0.2, 0.25) is 0 Å². The van der Waals surface area contributed by atoms with Crippen LogP contribution in [0.5, 0.6) is 0 Å². The summed E-state index contributed by atoms with van der Waals surface area (Å²) in [7, 11) is 0. The number of piperidine rings is 2. The van der Waals surface area contributed by atoms with Crippen LogP contribution in [0.3, 0.4) is 0 Å². The van der Waals surface area contributed by atoms with Crippen molar-refractivity contribution in [2.24, 2.45) is 11.8 Å². The molecule has 0 bridgehead atoms. The Bertz CT molecular complexity index is 631. The van der Waals surface area contributed by atoms with Gasteiger partial charge in [-0.1, -0.05) is 13.8 Å². The summed E-state index contributed by atoms with van der Waals surface area (Å²) in [4.78, 5) is 29.0. The number of hydrogen-bond acceptors (Lipinski definition) is 2. The molecule has 0 aliphatic carbocycles. The van der Waals surface area contributed by atoms with Crippen LogP contribution in [0.15, 0.2) is 24.3 Å². The topological polar surface area (TPSA) is 64.7 Å². The molecule has 2 heterocycles. The molecule has 2 aliphatic rings. The van der Waals surface area contributed by atoms with Crippen LogP contribution in [0.25, 0.3) is 0 Å². The van der Waals surface area contributed by atoms with Gasteiger partial charge in [0.15, 0.2) is 0 Å². The molecular weight excluding hydrogens is 352 g/mol. The van der Waals surface area contributed by atoms with E-state index in [1.54, 1.807) is 0 Å². The smallest absolute Gasteiger partial charge is 0.322 e. The highest BCUT2D eigenvalue weighted by atomic mass is 16.2. The Morgan fingerprint density at radius 1 is 0.750 bits per heavy atom. The summed E-state index contributed by atoms with van der Waals surface area (Å²) in [6.07, 6.45) is 4.45. The lowest BCUT2D eigenvalue weighted by molar-refractivity contribution is 0.138. The van der Waals surface area contributed by atoms with Crippen LogP contribution < -0.4 is 10.6 Å². The molecule has 2 saturated heterocycles. The first-order chi connectivity index (χ1) is 13.4. The second-order valence-corrected chi connectivity index (χ2v) is 8.54. The third-order valence-electron chi connectivity index (χ3n) is 6.66. The Morgan fingerprint density at radius 2 is 1.11 bits per heavy atom. The van der Waals surface area contributed by atoms with Gasteiger partial charge < -0.3 is 20.4 Å². The quantitative estimate of drug-likeness (QED) is 0.752. The highest BCUT2D eigenvalue weighted by Gasteiger charge is 2.29. The average molecular weight is 387 g/mol. The third-order valence-corrected chi connectivity index (χ3v) is 6.66. The van der Waals surface area contributed by atoms with Gasteiger partial charge in [-0.15, -0.1) is 0 Å². The van der Waals surface area contributed by atoms with Crippen molar-refractivity contribution in [2.45, 2.75) is 65.5 Å². The third kappa shape index (κ3) is 4.59. The standard InChI is InChI=1S/C22H34N4O2/c1-15-7-5-13-25(17(15)3)21(27)23-19-9-11-20(12-10-19)24-22(28)26-14-6-8-16(2)18(26)4/h9-12,15-18H,5-8,13-14H2,1-4H3,(H,23,27)(H,24,28)/t15-,16+,17-,18+. The number of nitrogens with zero attached hydrogens (tertiary/aromatic N) is 2.